The van der Waals surface area contributed by atoms with Gasteiger partial charge in [-0.25, -0.2) is 4.98 Å². The first-order valence-electron chi connectivity index (χ1n) is 6.00. The van der Waals surface area contributed by atoms with Gasteiger partial charge in [-0.3, -0.25) is 4.79 Å². The Kier molecular flexibility index (Phi) is 3.80. The third-order valence-corrected chi connectivity index (χ3v) is 2.88. The fraction of sp³-hybridized carbons (Fsp3) is 0.200. The minimum atomic E-state index is -0.240. The van der Waals surface area contributed by atoms with E-state index in [4.69, 9.17) is 4.74 Å². The number of hydrogen-bond donors (Lipinski definition) is 1. The molecule has 2 rings (SSSR count). The minimum absolute atomic E-state index is 0.240. The van der Waals surface area contributed by atoms with E-state index < -0.39 is 0 Å². The number of hydrogen-bond acceptors (Lipinski definition) is 3. The Morgan fingerprint density at radius 1 is 1.11 bits per heavy atom. The smallest absolute Gasteiger partial charge is 0.274 e. The number of ether oxygens (including phenoxy) is 1. The van der Waals surface area contributed by atoms with Gasteiger partial charge in [-0.2, -0.15) is 0 Å². The zero-order valence-corrected chi connectivity index (χ0v) is 11.2. The van der Waals surface area contributed by atoms with Gasteiger partial charge in [-0.1, -0.05) is 24.3 Å². The Labute approximate surface area is 112 Å². The molecule has 0 fully saturated rings. The number of amides is 1. The van der Waals surface area contributed by atoms with Crippen molar-refractivity contribution in [1.82, 2.24) is 4.98 Å². The molecule has 4 heteroatoms. The second-order valence-corrected chi connectivity index (χ2v) is 4.29. The maximum atomic E-state index is 12.2. The van der Waals surface area contributed by atoms with Crippen molar-refractivity contribution in [2.24, 2.45) is 0 Å². The Morgan fingerprint density at radius 3 is 2.37 bits per heavy atom. The van der Waals surface area contributed by atoms with E-state index in [0.29, 0.717) is 11.6 Å². The zero-order valence-electron chi connectivity index (χ0n) is 11.2. The maximum absolute atomic E-state index is 12.2. The summed E-state index contributed by atoms with van der Waals surface area (Å²) >= 11 is 0. The van der Waals surface area contributed by atoms with Crippen molar-refractivity contribution < 1.29 is 9.53 Å². The van der Waals surface area contributed by atoms with Crippen LogP contribution >= 0.6 is 0 Å². The Morgan fingerprint density at radius 2 is 1.74 bits per heavy atom. The highest BCUT2D eigenvalue weighted by Gasteiger charge is 2.11. The average molecular weight is 256 g/mol. The minimum Gasteiger partial charge on any atom is -0.481 e. The highest BCUT2D eigenvalue weighted by molar-refractivity contribution is 6.03. The van der Waals surface area contributed by atoms with Gasteiger partial charge in [0.05, 0.1) is 7.11 Å². The van der Waals surface area contributed by atoms with E-state index in [1.807, 2.05) is 32.0 Å². The van der Waals surface area contributed by atoms with Crippen molar-refractivity contribution >= 4 is 11.6 Å². The summed E-state index contributed by atoms with van der Waals surface area (Å²) in [5.74, 6) is 0.186. The molecule has 1 heterocycles. The predicted molar refractivity (Wildman–Crippen MR) is 74.7 cm³/mol. The van der Waals surface area contributed by atoms with Crippen LogP contribution in [-0.2, 0) is 0 Å². The van der Waals surface area contributed by atoms with Gasteiger partial charge in [0.2, 0.25) is 5.88 Å². The fourth-order valence-corrected chi connectivity index (χ4v) is 1.84. The van der Waals surface area contributed by atoms with Crippen LogP contribution in [0.2, 0.25) is 0 Å². The van der Waals surface area contributed by atoms with E-state index in [-0.39, 0.29) is 5.91 Å². The molecule has 4 nitrogen and oxygen atoms in total. The molecule has 1 aromatic heterocycles. The molecular formula is C15H16N2O2. The van der Waals surface area contributed by atoms with Crippen LogP contribution in [0, 0.1) is 13.8 Å². The lowest BCUT2D eigenvalue weighted by Crippen LogP contribution is -2.15. The molecule has 1 amide bonds. The summed E-state index contributed by atoms with van der Waals surface area (Å²) < 4.78 is 5.01. The SMILES string of the molecule is COc1cccc(C(=O)Nc2c(C)cccc2C)n1. The Bertz CT molecular complexity index is 589. The summed E-state index contributed by atoms with van der Waals surface area (Å²) in [6.07, 6.45) is 0. The molecule has 0 bridgehead atoms. The lowest BCUT2D eigenvalue weighted by molar-refractivity contribution is 0.102. The van der Waals surface area contributed by atoms with Gasteiger partial charge < -0.3 is 10.1 Å². The van der Waals surface area contributed by atoms with Gasteiger partial charge in [0.25, 0.3) is 5.91 Å². The average Bonchev–Trinajstić information content (AvgIpc) is 2.43. The summed E-state index contributed by atoms with van der Waals surface area (Å²) in [5, 5.41) is 2.89. The van der Waals surface area contributed by atoms with Crippen LogP contribution in [0.1, 0.15) is 21.6 Å². The molecule has 0 aliphatic carbocycles. The van der Waals surface area contributed by atoms with Crippen molar-refractivity contribution in [1.29, 1.82) is 0 Å². The molecule has 1 N–H and O–H groups in total. The van der Waals surface area contributed by atoms with E-state index in [0.717, 1.165) is 16.8 Å². The molecule has 19 heavy (non-hydrogen) atoms. The van der Waals surface area contributed by atoms with Gasteiger partial charge in [0.15, 0.2) is 0 Å². The summed E-state index contributed by atoms with van der Waals surface area (Å²) in [5.41, 5.74) is 3.21. The molecule has 0 aliphatic rings. The van der Waals surface area contributed by atoms with Crippen molar-refractivity contribution in [3.05, 3.63) is 53.2 Å². The third kappa shape index (κ3) is 2.91. The maximum Gasteiger partial charge on any atom is 0.274 e. The normalized spacial score (nSPS) is 10.1. The topological polar surface area (TPSA) is 51.2 Å². The van der Waals surface area contributed by atoms with E-state index in [9.17, 15) is 4.79 Å². The number of carbonyl (C=O) groups excluding carboxylic acids is 1. The number of para-hydroxylation sites is 1. The van der Waals surface area contributed by atoms with Crippen LogP contribution in [0.3, 0.4) is 0 Å². The van der Waals surface area contributed by atoms with Crippen molar-refractivity contribution in [2.45, 2.75) is 13.8 Å². The summed E-state index contributed by atoms with van der Waals surface area (Å²) in [6, 6.07) is 11.0. The number of aromatic nitrogens is 1. The van der Waals surface area contributed by atoms with Gasteiger partial charge in [-0.15, -0.1) is 0 Å². The first-order valence-corrected chi connectivity index (χ1v) is 6.00. The van der Waals surface area contributed by atoms with Crippen LogP contribution < -0.4 is 10.1 Å². The van der Waals surface area contributed by atoms with Crippen molar-refractivity contribution in [2.75, 3.05) is 12.4 Å². The number of methoxy groups -OCH3 is 1. The number of rotatable bonds is 3. The molecular weight excluding hydrogens is 240 g/mol. The molecule has 0 saturated carbocycles. The third-order valence-electron chi connectivity index (χ3n) is 2.88. The van der Waals surface area contributed by atoms with E-state index in [2.05, 4.69) is 10.3 Å². The lowest BCUT2D eigenvalue weighted by Gasteiger charge is -2.11. The standard InChI is InChI=1S/C15H16N2O2/c1-10-6-4-7-11(2)14(10)17-15(18)12-8-5-9-13(16-12)19-3/h4-9H,1-3H3,(H,17,18). The van der Waals surface area contributed by atoms with Gasteiger partial charge >= 0.3 is 0 Å². The van der Waals surface area contributed by atoms with E-state index in [1.54, 1.807) is 18.2 Å². The monoisotopic (exact) mass is 256 g/mol. The predicted octanol–water partition coefficient (Wildman–Crippen LogP) is 2.96. The molecule has 2 aromatic rings. The van der Waals surface area contributed by atoms with Crippen LogP contribution in [-0.4, -0.2) is 18.0 Å². The molecule has 0 radical (unpaired) electrons. The quantitative estimate of drug-likeness (QED) is 0.918. The summed E-state index contributed by atoms with van der Waals surface area (Å²) in [4.78, 5) is 16.3. The largest absolute Gasteiger partial charge is 0.481 e. The number of pyridine rings is 1. The molecule has 0 spiro atoms. The van der Waals surface area contributed by atoms with E-state index in [1.165, 1.54) is 7.11 Å². The van der Waals surface area contributed by atoms with Gasteiger partial charge in [-0.05, 0) is 31.0 Å². The van der Waals surface area contributed by atoms with Crippen LogP contribution in [0.25, 0.3) is 0 Å². The molecule has 98 valence electrons. The summed E-state index contributed by atoms with van der Waals surface area (Å²) in [7, 11) is 1.52. The van der Waals surface area contributed by atoms with Crippen molar-refractivity contribution in [3.63, 3.8) is 0 Å². The fourth-order valence-electron chi connectivity index (χ4n) is 1.84. The van der Waals surface area contributed by atoms with E-state index >= 15 is 0 Å². The Balaban J connectivity index is 2.25. The highest BCUT2D eigenvalue weighted by atomic mass is 16.5. The number of aryl methyl sites for hydroxylation is 2. The molecule has 0 aliphatic heterocycles. The zero-order chi connectivity index (χ0) is 13.8. The number of anilines is 1. The van der Waals surface area contributed by atoms with Gasteiger partial charge in [0, 0.05) is 11.8 Å². The van der Waals surface area contributed by atoms with Crippen LogP contribution in [0.4, 0.5) is 5.69 Å². The second kappa shape index (κ2) is 5.52. The lowest BCUT2D eigenvalue weighted by atomic mass is 10.1. The molecule has 0 atom stereocenters. The van der Waals surface area contributed by atoms with Gasteiger partial charge in [0.1, 0.15) is 5.69 Å². The molecule has 0 saturated heterocycles. The number of carbonyl (C=O) groups is 1. The highest BCUT2D eigenvalue weighted by Crippen LogP contribution is 2.20. The van der Waals surface area contributed by atoms with Crippen molar-refractivity contribution in [3.8, 4) is 5.88 Å². The number of nitrogens with one attached hydrogen (secondary N) is 1. The molecule has 0 unspecified atom stereocenters. The first kappa shape index (κ1) is 13.1. The van der Waals surface area contributed by atoms with Crippen LogP contribution in [0.5, 0.6) is 5.88 Å². The second-order valence-electron chi connectivity index (χ2n) is 4.29. The number of nitrogens with zero attached hydrogens (tertiary/aromatic N) is 1. The molecule has 1 aromatic carbocycles. The number of benzene rings is 1. The van der Waals surface area contributed by atoms with Crippen LogP contribution in [0.15, 0.2) is 36.4 Å². The first-order chi connectivity index (χ1) is 9.11. The summed E-state index contributed by atoms with van der Waals surface area (Å²) in [6.45, 7) is 3.92. The Hall–Kier alpha value is -2.36.